The van der Waals surface area contributed by atoms with Crippen molar-refractivity contribution in [2.75, 3.05) is 6.54 Å². The van der Waals surface area contributed by atoms with E-state index in [1.165, 1.54) is 0 Å². The number of likely N-dealkylation sites (tertiary alicyclic amines) is 1. The van der Waals surface area contributed by atoms with Crippen LogP contribution in [0.2, 0.25) is 0 Å². The number of ether oxygens (including phenoxy) is 2. The zero-order chi connectivity index (χ0) is 13.9. The van der Waals surface area contributed by atoms with Gasteiger partial charge in [-0.25, -0.2) is 4.79 Å². The fourth-order valence-corrected chi connectivity index (χ4v) is 2.04. The van der Waals surface area contributed by atoms with Gasteiger partial charge in [0.25, 0.3) is 0 Å². The lowest BCUT2D eigenvalue weighted by molar-refractivity contribution is -0.00508. The van der Waals surface area contributed by atoms with Gasteiger partial charge in [-0.05, 0) is 39.3 Å². The van der Waals surface area contributed by atoms with Crippen molar-refractivity contribution in [2.24, 2.45) is 0 Å². The van der Waals surface area contributed by atoms with Gasteiger partial charge in [0.05, 0.1) is 0 Å². The molecule has 0 radical (unpaired) electrons. The maximum absolute atomic E-state index is 12.1. The van der Waals surface area contributed by atoms with Gasteiger partial charge in [0, 0.05) is 13.0 Å². The molecule has 1 atom stereocenters. The maximum atomic E-state index is 12.1. The van der Waals surface area contributed by atoms with Gasteiger partial charge in [-0.15, -0.1) is 0 Å². The molecule has 0 spiro atoms. The second-order valence-corrected chi connectivity index (χ2v) is 5.70. The van der Waals surface area contributed by atoms with E-state index < -0.39 is 5.60 Å². The third-order valence-electron chi connectivity index (χ3n) is 2.84. The van der Waals surface area contributed by atoms with Crippen LogP contribution in [0.25, 0.3) is 0 Å². The van der Waals surface area contributed by atoms with Crippen LogP contribution in [0.4, 0.5) is 4.79 Å². The third-order valence-corrected chi connectivity index (χ3v) is 2.84. The Labute approximate surface area is 114 Å². The standard InChI is InChI=1S/C15H21NO3/c1-15(2,3)19-14(17)16-11-7-10-13(16)18-12-8-5-4-6-9-12/h4-6,8-9,13H,7,10-11H2,1-3H3. The smallest absolute Gasteiger partial charge is 0.413 e. The molecule has 1 amide bonds. The Morgan fingerprint density at radius 1 is 1.26 bits per heavy atom. The summed E-state index contributed by atoms with van der Waals surface area (Å²) < 4.78 is 11.2. The molecule has 1 saturated heterocycles. The predicted octanol–water partition coefficient (Wildman–Crippen LogP) is 3.42. The zero-order valence-corrected chi connectivity index (χ0v) is 11.8. The van der Waals surface area contributed by atoms with E-state index in [-0.39, 0.29) is 12.3 Å². The van der Waals surface area contributed by atoms with E-state index in [9.17, 15) is 4.79 Å². The van der Waals surface area contributed by atoms with E-state index >= 15 is 0 Å². The summed E-state index contributed by atoms with van der Waals surface area (Å²) in [6.07, 6.45) is 1.26. The highest BCUT2D eigenvalue weighted by atomic mass is 16.6. The number of benzene rings is 1. The van der Waals surface area contributed by atoms with Gasteiger partial charge in [0.1, 0.15) is 11.4 Å². The molecule has 4 nitrogen and oxygen atoms in total. The van der Waals surface area contributed by atoms with Crippen LogP contribution in [0, 0.1) is 0 Å². The first-order valence-electron chi connectivity index (χ1n) is 6.67. The van der Waals surface area contributed by atoms with Crippen molar-refractivity contribution in [1.82, 2.24) is 4.90 Å². The van der Waals surface area contributed by atoms with Gasteiger partial charge in [-0.3, -0.25) is 4.90 Å². The van der Waals surface area contributed by atoms with Crippen molar-refractivity contribution in [3.8, 4) is 5.75 Å². The molecule has 1 aromatic carbocycles. The molecule has 1 aliphatic heterocycles. The first-order chi connectivity index (χ1) is 8.96. The highest BCUT2D eigenvalue weighted by Crippen LogP contribution is 2.23. The van der Waals surface area contributed by atoms with Crippen LogP contribution in [0.5, 0.6) is 5.75 Å². The van der Waals surface area contributed by atoms with Crippen molar-refractivity contribution >= 4 is 6.09 Å². The SMILES string of the molecule is CC(C)(C)OC(=O)N1CCCC1Oc1ccccc1. The van der Waals surface area contributed by atoms with Crippen LogP contribution >= 0.6 is 0 Å². The number of carbonyl (C=O) groups excluding carboxylic acids is 1. The van der Waals surface area contributed by atoms with Gasteiger partial charge < -0.3 is 9.47 Å². The summed E-state index contributed by atoms with van der Waals surface area (Å²) >= 11 is 0. The Bertz CT molecular complexity index is 425. The number of nitrogens with zero attached hydrogens (tertiary/aromatic N) is 1. The molecule has 0 bridgehead atoms. The minimum Gasteiger partial charge on any atom is -0.470 e. The molecule has 0 saturated carbocycles. The summed E-state index contributed by atoms with van der Waals surface area (Å²) in [5.41, 5.74) is -0.475. The van der Waals surface area contributed by atoms with Crippen LogP contribution in [-0.2, 0) is 4.74 Å². The summed E-state index contributed by atoms with van der Waals surface area (Å²) in [7, 11) is 0. The Morgan fingerprint density at radius 3 is 2.58 bits per heavy atom. The first kappa shape index (κ1) is 13.7. The van der Waals surface area contributed by atoms with E-state index in [1.807, 2.05) is 51.1 Å². The van der Waals surface area contributed by atoms with Crippen LogP contribution in [0.15, 0.2) is 30.3 Å². The second-order valence-electron chi connectivity index (χ2n) is 5.70. The Morgan fingerprint density at radius 2 is 1.95 bits per heavy atom. The first-order valence-corrected chi connectivity index (χ1v) is 6.67. The Hall–Kier alpha value is -1.71. The molecule has 0 aliphatic carbocycles. The van der Waals surface area contributed by atoms with Gasteiger partial charge in [-0.1, -0.05) is 18.2 Å². The molecule has 4 heteroatoms. The summed E-state index contributed by atoms with van der Waals surface area (Å²) in [5, 5.41) is 0. The molecular weight excluding hydrogens is 242 g/mol. The van der Waals surface area contributed by atoms with Gasteiger partial charge in [0.15, 0.2) is 6.23 Å². The number of hydrogen-bond acceptors (Lipinski definition) is 3. The largest absolute Gasteiger partial charge is 0.470 e. The number of carbonyl (C=O) groups is 1. The number of para-hydroxylation sites is 1. The highest BCUT2D eigenvalue weighted by molar-refractivity contribution is 5.68. The molecule has 1 unspecified atom stereocenters. The quantitative estimate of drug-likeness (QED) is 0.820. The lowest BCUT2D eigenvalue weighted by atomic mass is 10.2. The topological polar surface area (TPSA) is 38.8 Å². The summed E-state index contributed by atoms with van der Waals surface area (Å²) in [6.45, 7) is 6.29. The molecule has 0 aromatic heterocycles. The van der Waals surface area contributed by atoms with E-state index in [0.29, 0.717) is 6.54 Å². The maximum Gasteiger partial charge on any atom is 0.413 e. The van der Waals surface area contributed by atoms with Crippen LogP contribution in [0.3, 0.4) is 0 Å². The van der Waals surface area contributed by atoms with Crippen molar-refractivity contribution in [3.05, 3.63) is 30.3 Å². The summed E-state index contributed by atoms with van der Waals surface area (Å²) in [4.78, 5) is 13.8. The van der Waals surface area contributed by atoms with E-state index in [0.717, 1.165) is 18.6 Å². The van der Waals surface area contributed by atoms with Crippen molar-refractivity contribution in [1.29, 1.82) is 0 Å². The van der Waals surface area contributed by atoms with E-state index in [1.54, 1.807) is 4.90 Å². The molecule has 104 valence electrons. The van der Waals surface area contributed by atoms with Crippen molar-refractivity contribution in [3.63, 3.8) is 0 Å². The Kier molecular flexibility index (Phi) is 3.98. The molecule has 19 heavy (non-hydrogen) atoms. The van der Waals surface area contributed by atoms with E-state index in [4.69, 9.17) is 9.47 Å². The highest BCUT2D eigenvalue weighted by Gasteiger charge is 2.33. The fourth-order valence-electron chi connectivity index (χ4n) is 2.04. The molecule has 1 aromatic rings. The molecule has 0 N–H and O–H groups in total. The summed E-state index contributed by atoms with van der Waals surface area (Å²) in [6, 6.07) is 9.56. The minimum atomic E-state index is -0.475. The van der Waals surface area contributed by atoms with Gasteiger partial charge in [0.2, 0.25) is 0 Å². The average Bonchev–Trinajstić information content (AvgIpc) is 2.76. The lowest BCUT2D eigenvalue weighted by Gasteiger charge is -2.28. The number of rotatable bonds is 2. The van der Waals surface area contributed by atoms with Crippen LogP contribution in [-0.4, -0.2) is 29.4 Å². The van der Waals surface area contributed by atoms with Crippen LogP contribution < -0.4 is 4.74 Å². The second kappa shape index (κ2) is 5.51. The van der Waals surface area contributed by atoms with Gasteiger partial charge in [-0.2, -0.15) is 0 Å². The normalized spacial score (nSPS) is 19.3. The fraction of sp³-hybridized carbons (Fsp3) is 0.533. The Balaban J connectivity index is 1.99. The minimum absolute atomic E-state index is 0.225. The summed E-state index contributed by atoms with van der Waals surface area (Å²) in [5.74, 6) is 0.781. The number of amides is 1. The number of hydrogen-bond donors (Lipinski definition) is 0. The molecule has 1 fully saturated rings. The molecule has 1 aliphatic rings. The predicted molar refractivity (Wildman–Crippen MR) is 73.0 cm³/mol. The zero-order valence-electron chi connectivity index (χ0n) is 11.8. The lowest BCUT2D eigenvalue weighted by Crippen LogP contribution is -2.42. The van der Waals surface area contributed by atoms with Gasteiger partial charge >= 0.3 is 6.09 Å². The van der Waals surface area contributed by atoms with Crippen LogP contribution in [0.1, 0.15) is 33.6 Å². The third kappa shape index (κ3) is 3.88. The monoisotopic (exact) mass is 263 g/mol. The molecule has 1 heterocycles. The molecular formula is C15H21NO3. The van der Waals surface area contributed by atoms with E-state index in [2.05, 4.69) is 0 Å². The average molecular weight is 263 g/mol. The van der Waals surface area contributed by atoms with Crippen molar-refractivity contribution < 1.29 is 14.3 Å². The molecule has 2 rings (SSSR count). The van der Waals surface area contributed by atoms with Crippen molar-refractivity contribution in [2.45, 2.75) is 45.4 Å².